The van der Waals surface area contributed by atoms with Crippen molar-refractivity contribution in [3.8, 4) is 11.5 Å². The summed E-state index contributed by atoms with van der Waals surface area (Å²) in [5.74, 6) is 1.59. The van der Waals surface area contributed by atoms with Crippen molar-refractivity contribution in [1.29, 1.82) is 0 Å². The molecule has 0 radical (unpaired) electrons. The predicted molar refractivity (Wildman–Crippen MR) is 108 cm³/mol. The van der Waals surface area contributed by atoms with Gasteiger partial charge in [-0.1, -0.05) is 11.6 Å². The fraction of sp³-hybridized carbons (Fsp3) is 0.381. The lowest BCUT2D eigenvalue weighted by Crippen LogP contribution is -2.26. The molecule has 3 rings (SSSR count). The van der Waals surface area contributed by atoms with Crippen molar-refractivity contribution in [2.24, 2.45) is 0 Å². The van der Waals surface area contributed by atoms with E-state index in [2.05, 4.69) is 26.9 Å². The quantitative estimate of drug-likeness (QED) is 0.675. The SMILES string of the molecule is COc1ccc(Nc2ccc(C(=O)NCCC3=CCCCC3)nn2)cc1OC. The number of amides is 1. The van der Waals surface area contributed by atoms with Crippen LogP contribution in [0.25, 0.3) is 0 Å². The number of anilines is 2. The third kappa shape index (κ3) is 5.22. The van der Waals surface area contributed by atoms with Gasteiger partial charge in [0.2, 0.25) is 0 Å². The molecule has 0 bridgehead atoms. The molecule has 0 spiro atoms. The largest absolute Gasteiger partial charge is 0.493 e. The van der Waals surface area contributed by atoms with E-state index in [1.54, 1.807) is 38.5 Å². The number of ether oxygens (including phenoxy) is 2. The number of carbonyl (C=O) groups excluding carboxylic acids is 1. The maximum Gasteiger partial charge on any atom is 0.271 e. The zero-order chi connectivity index (χ0) is 19.8. The molecule has 0 fully saturated rings. The standard InChI is InChI=1S/C21H26N4O3/c1-27-18-10-8-16(14-19(18)28-2)23-20-11-9-17(24-25-20)21(26)22-13-12-15-6-4-3-5-7-15/h6,8-11,14H,3-5,7,12-13H2,1-2H3,(H,22,26)(H,23,25). The predicted octanol–water partition coefficient (Wildman–Crippen LogP) is 3.86. The number of hydrogen-bond acceptors (Lipinski definition) is 6. The number of aromatic nitrogens is 2. The lowest BCUT2D eigenvalue weighted by atomic mass is 9.97. The van der Waals surface area contributed by atoms with Crippen LogP contribution in [0.5, 0.6) is 11.5 Å². The first kappa shape index (κ1) is 19.7. The van der Waals surface area contributed by atoms with Crippen molar-refractivity contribution in [2.75, 3.05) is 26.1 Å². The van der Waals surface area contributed by atoms with Crippen LogP contribution < -0.4 is 20.1 Å². The molecular weight excluding hydrogens is 356 g/mol. The molecule has 28 heavy (non-hydrogen) atoms. The van der Waals surface area contributed by atoms with Crippen LogP contribution in [0.1, 0.15) is 42.6 Å². The highest BCUT2D eigenvalue weighted by Gasteiger charge is 2.10. The molecule has 0 atom stereocenters. The van der Waals surface area contributed by atoms with Gasteiger partial charge < -0.3 is 20.1 Å². The summed E-state index contributed by atoms with van der Waals surface area (Å²) in [5.41, 5.74) is 2.52. The monoisotopic (exact) mass is 382 g/mol. The molecule has 0 saturated carbocycles. The first-order valence-corrected chi connectivity index (χ1v) is 9.48. The van der Waals surface area contributed by atoms with Crippen LogP contribution in [0.15, 0.2) is 42.0 Å². The molecule has 0 unspecified atom stereocenters. The van der Waals surface area contributed by atoms with Crippen LogP contribution in [0, 0.1) is 0 Å². The number of methoxy groups -OCH3 is 2. The number of allylic oxidation sites excluding steroid dienone is 1. The van der Waals surface area contributed by atoms with Crippen LogP contribution in [0.4, 0.5) is 11.5 Å². The van der Waals surface area contributed by atoms with E-state index in [1.165, 1.54) is 18.4 Å². The molecule has 2 aromatic rings. The topological polar surface area (TPSA) is 85.4 Å². The van der Waals surface area contributed by atoms with Gasteiger partial charge in [-0.25, -0.2) is 0 Å². The van der Waals surface area contributed by atoms with E-state index in [0.717, 1.165) is 24.9 Å². The Kier molecular flexibility index (Phi) is 6.84. The summed E-state index contributed by atoms with van der Waals surface area (Å²) >= 11 is 0. The summed E-state index contributed by atoms with van der Waals surface area (Å²) in [6.45, 7) is 0.623. The molecule has 1 aromatic carbocycles. The lowest BCUT2D eigenvalue weighted by Gasteiger charge is -2.13. The van der Waals surface area contributed by atoms with Crippen LogP contribution in [0.3, 0.4) is 0 Å². The number of rotatable bonds is 8. The van der Waals surface area contributed by atoms with Crippen LogP contribution >= 0.6 is 0 Å². The number of benzene rings is 1. The van der Waals surface area contributed by atoms with E-state index in [9.17, 15) is 4.79 Å². The van der Waals surface area contributed by atoms with Gasteiger partial charge in [-0.3, -0.25) is 4.79 Å². The van der Waals surface area contributed by atoms with E-state index in [4.69, 9.17) is 9.47 Å². The molecule has 7 heteroatoms. The van der Waals surface area contributed by atoms with Gasteiger partial charge in [-0.15, -0.1) is 10.2 Å². The first-order chi connectivity index (χ1) is 13.7. The van der Waals surface area contributed by atoms with Gasteiger partial charge in [-0.05, 0) is 56.4 Å². The second kappa shape index (κ2) is 9.73. The Balaban J connectivity index is 1.54. The zero-order valence-electron chi connectivity index (χ0n) is 16.3. The van der Waals surface area contributed by atoms with Crippen molar-refractivity contribution < 1.29 is 14.3 Å². The number of nitrogens with one attached hydrogen (secondary N) is 2. The molecule has 148 valence electrons. The minimum atomic E-state index is -0.207. The zero-order valence-corrected chi connectivity index (χ0v) is 16.3. The molecule has 2 N–H and O–H groups in total. The van der Waals surface area contributed by atoms with Gasteiger partial charge >= 0.3 is 0 Å². The second-order valence-corrected chi connectivity index (χ2v) is 6.61. The second-order valence-electron chi connectivity index (χ2n) is 6.61. The van der Waals surface area contributed by atoms with E-state index < -0.39 is 0 Å². The van der Waals surface area contributed by atoms with Gasteiger partial charge in [0.05, 0.1) is 14.2 Å². The summed E-state index contributed by atoms with van der Waals surface area (Å²) in [5, 5.41) is 14.2. The average Bonchev–Trinajstić information content (AvgIpc) is 2.75. The van der Waals surface area contributed by atoms with E-state index in [0.29, 0.717) is 29.6 Å². The highest BCUT2D eigenvalue weighted by molar-refractivity contribution is 5.92. The Morgan fingerprint density at radius 1 is 1.07 bits per heavy atom. The first-order valence-electron chi connectivity index (χ1n) is 9.48. The Bertz CT molecular complexity index is 834. The smallest absolute Gasteiger partial charge is 0.271 e. The molecule has 1 aliphatic rings. The summed E-state index contributed by atoms with van der Waals surface area (Å²) in [6, 6.07) is 8.84. The van der Waals surface area contributed by atoms with E-state index in [1.807, 2.05) is 6.07 Å². The van der Waals surface area contributed by atoms with E-state index >= 15 is 0 Å². The molecule has 1 aliphatic carbocycles. The lowest BCUT2D eigenvalue weighted by molar-refractivity contribution is 0.0948. The normalized spacial score (nSPS) is 13.4. The van der Waals surface area contributed by atoms with Crippen molar-refractivity contribution in [2.45, 2.75) is 32.1 Å². The highest BCUT2D eigenvalue weighted by Crippen LogP contribution is 2.30. The Morgan fingerprint density at radius 2 is 1.93 bits per heavy atom. The van der Waals surface area contributed by atoms with Gasteiger partial charge in [0.25, 0.3) is 5.91 Å². The van der Waals surface area contributed by atoms with Gasteiger partial charge in [-0.2, -0.15) is 0 Å². The number of carbonyl (C=O) groups is 1. The minimum Gasteiger partial charge on any atom is -0.493 e. The van der Waals surface area contributed by atoms with E-state index in [-0.39, 0.29) is 5.91 Å². The summed E-state index contributed by atoms with van der Waals surface area (Å²) in [6.07, 6.45) is 8.02. The molecule has 1 amide bonds. The van der Waals surface area contributed by atoms with Crippen LogP contribution in [0.2, 0.25) is 0 Å². The molecule has 0 saturated heterocycles. The van der Waals surface area contributed by atoms with Crippen molar-refractivity contribution in [1.82, 2.24) is 15.5 Å². The Morgan fingerprint density at radius 3 is 2.61 bits per heavy atom. The maximum atomic E-state index is 12.2. The molecular formula is C21H26N4O3. The van der Waals surface area contributed by atoms with Gasteiger partial charge in [0.15, 0.2) is 23.0 Å². The molecule has 0 aliphatic heterocycles. The van der Waals surface area contributed by atoms with Crippen LogP contribution in [-0.2, 0) is 0 Å². The number of nitrogens with zero attached hydrogens (tertiary/aromatic N) is 2. The maximum absolute atomic E-state index is 12.2. The summed E-state index contributed by atoms with van der Waals surface area (Å²) in [7, 11) is 3.17. The van der Waals surface area contributed by atoms with Gasteiger partial charge in [0, 0.05) is 18.3 Å². The van der Waals surface area contributed by atoms with Crippen molar-refractivity contribution >= 4 is 17.4 Å². The highest BCUT2D eigenvalue weighted by atomic mass is 16.5. The van der Waals surface area contributed by atoms with Crippen molar-refractivity contribution in [3.05, 3.63) is 47.7 Å². The minimum absolute atomic E-state index is 0.207. The Hall–Kier alpha value is -3.09. The summed E-state index contributed by atoms with van der Waals surface area (Å²) < 4.78 is 10.5. The van der Waals surface area contributed by atoms with Crippen molar-refractivity contribution in [3.63, 3.8) is 0 Å². The van der Waals surface area contributed by atoms with Gasteiger partial charge in [0.1, 0.15) is 0 Å². The molecule has 7 nitrogen and oxygen atoms in total. The molecule has 1 aromatic heterocycles. The average molecular weight is 382 g/mol. The van der Waals surface area contributed by atoms with Crippen LogP contribution in [-0.4, -0.2) is 36.9 Å². The fourth-order valence-corrected chi connectivity index (χ4v) is 3.14. The molecule has 1 heterocycles. The third-order valence-corrected chi connectivity index (χ3v) is 4.67. The summed E-state index contributed by atoms with van der Waals surface area (Å²) in [4.78, 5) is 12.2. The third-order valence-electron chi connectivity index (χ3n) is 4.67. The fourth-order valence-electron chi connectivity index (χ4n) is 3.14. The Labute approximate surface area is 165 Å². The number of hydrogen-bond donors (Lipinski definition) is 2.